The highest BCUT2D eigenvalue weighted by atomic mass is 16.4. The molecule has 100 valence electrons. The van der Waals surface area contributed by atoms with Crippen molar-refractivity contribution in [1.29, 1.82) is 5.26 Å². The summed E-state index contributed by atoms with van der Waals surface area (Å²) >= 11 is 0. The van der Waals surface area contributed by atoms with Gasteiger partial charge in [-0.1, -0.05) is 12.8 Å². The molecular formula is C15H18N2O2. The van der Waals surface area contributed by atoms with E-state index in [1.807, 2.05) is 19.1 Å². The number of aliphatic carboxylic acids is 1. The normalized spacial score (nSPS) is 22.5. The van der Waals surface area contributed by atoms with Crippen LogP contribution in [0.25, 0.3) is 0 Å². The van der Waals surface area contributed by atoms with E-state index in [1.165, 1.54) is 0 Å². The molecule has 0 spiro atoms. The molecular weight excluding hydrogens is 240 g/mol. The highest BCUT2D eigenvalue weighted by Crippen LogP contribution is 2.28. The lowest BCUT2D eigenvalue weighted by molar-refractivity contribution is -0.143. The zero-order valence-electron chi connectivity index (χ0n) is 11.0. The second-order valence-electron chi connectivity index (χ2n) is 5.12. The Morgan fingerprint density at radius 1 is 1.42 bits per heavy atom. The van der Waals surface area contributed by atoms with Crippen LogP contribution in [-0.2, 0) is 4.79 Å². The lowest BCUT2D eigenvalue weighted by Gasteiger charge is -2.30. The molecule has 0 bridgehead atoms. The lowest BCUT2D eigenvalue weighted by atomic mass is 9.84. The van der Waals surface area contributed by atoms with Crippen LogP contribution < -0.4 is 5.32 Å². The van der Waals surface area contributed by atoms with Gasteiger partial charge in [-0.25, -0.2) is 0 Å². The van der Waals surface area contributed by atoms with E-state index >= 15 is 0 Å². The van der Waals surface area contributed by atoms with Crippen molar-refractivity contribution in [2.24, 2.45) is 5.92 Å². The fraction of sp³-hybridized carbons (Fsp3) is 0.467. The maximum atomic E-state index is 11.2. The van der Waals surface area contributed by atoms with Gasteiger partial charge in [-0.3, -0.25) is 4.79 Å². The first-order valence-corrected chi connectivity index (χ1v) is 6.62. The number of carboxylic acid groups (broad SMARTS) is 1. The number of nitrogens with one attached hydrogen (secondary N) is 1. The van der Waals surface area contributed by atoms with E-state index in [2.05, 4.69) is 11.4 Å². The summed E-state index contributed by atoms with van der Waals surface area (Å²) in [4.78, 5) is 11.2. The van der Waals surface area contributed by atoms with Gasteiger partial charge in [0.2, 0.25) is 0 Å². The van der Waals surface area contributed by atoms with Crippen molar-refractivity contribution in [2.75, 3.05) is 5.32 Å². The van der Waals surface area contributed by atoms with Crippen molar-refractivity contribution in [1.82, 2.24) is 0 Å². The molecule has 1 fully saturated rings. The van der Waals surface area contributed by atoms with Crippen molar-refractivity contribution in [3.05, 3.63) is 29.3 Å². The minimum atomic E-state index is -0.720. The van der Waals surface area contributed by atoms with Gasteiger partial charge in [0.05, 0.1) is 17.6 Å². The zero-order valence-corrected chi connectivity index (χ0v) is 11.0. The van der Waals surface area contributed by atoms with Gasteiger partial charge in [0, 0.05) is 11.7 Å². The van der Waals surface area contributed by atoms with E-state index in [9.17, 15) is 9.90 Å². The van der Waals surface area contributed by atoms with Crippen molar-refractivity contribution in [2.45, 2.75) is 38.6 Å². The first-order valence-electron chi connectivity index (χ1n) is 6.62. The molecule has 1 saturated carbocycles. The Hall–Kier alpha value is -2.02. The number of carboxylic acids is 1. The average molecular weight is 258 g/mol. The average Bonchev–Trinajstić information content (AvgIpc) is 2.39. The Morgan fingerprint density at radius 3 is 2.79 bits per heavy atom. The standard InChI is InChI=1S/C15H18N2O2/c1-10-8-12(7-6-11(10)9-16)17-14-5-3-2-4-13(14)15(18)19/h6-8,13-14,17H,2-5H2,1H3,(H,18,19). The predicted octanol–water partition coefficient (Wildman–Crippen LogP) is 2.92. The number of benzene rings is 1. The number of hydrogen-bond donors (Lipinski definition) is 2. The molecule has 2 rings (SSSR count). The number of anilines is 1. The molecule has 4 nitrogen and oxygen atoms in total. The minimum absolute atomic E-state index is 0.0152. The third kappa shape index (κ3) is 3.05. The van der Waals surface area contributed by atoms with Gasteiger partial charge in [0.25, 0.3) is 0 Å². The largest absolute Gasteiger partial charge is 0.481 e. The van der Waals surface area contributed by atoms with E-state index in [0.29, 0.717) is 5.56 Å². The van der Waals surface area contributed by atoms with Gasteiger partial charge in [-0.05, 0) is 43.5 Å². The number of nitrogens with zero attached hydrogens (tertiary/aromatic N) is 1. The smallest absolute Gasteiger partial charge is 0.308 e. The molecule has 1 aliphatic carbocycles. The Kier molecular flexibility index (Phi) is 4.06. The number of rotatable bonds is 3. The second-order valence-corrected chi connectivity index (χ2v) is 5.12. The summed E-state index contributed by atoms with van der Waals surface area (Å²) in [5, 5.41) is 21.5. The summed E-state index contributed by atoms with van der Waals surface area (Å²) in [7, 11) is 0. The molecule has 0 amide bonds. The van der Waals surface area contributed by atoms with Crippen LogP contribution >= 0.6 is 0 Å². The molecule has 19 heavy (non-hydrogen) atoms. The topological polar surface area (TPSA) is 73.1 Å². The fourth-order valence-electron chi connectivity index (χ4n) is 2.69. The lowest BCUT2D eigenvalue weighted by Crippen LogP contribution is -2.37. The highest BCUT2D eigenvalue weighted by Gasteiger charge is 2.30. The Morgan fingerprint density at radius 2 is 2.16 bits per heavy atom. The van der Waals surface area contributed by atoms with Crippen LogP contribution in [0.2, 0.25) is 0 Å². The van der Waals surface area contributed by atoms with E-state index < -0.39 is 5.97 Å². The number of carbonyl (C=O) groups is 1. The van der Waals surface area contributed by atoms with Gasteiger partial charge < -0.3 is 10.4 Å². The summed E-state index contributed by atoms with van der Waals surface area (Å²) in [5.41, 5.74) is 2.47. The minimum Gasteiger partial charge on any atom is -0.481 e. The summed E-state index contributed by atoms with van der Waals surface area (Å²) in [5.74, 6) is -1.03. The number of hydrogen-bond acceptors (Lipinski definition) is 3. The Balaban J connectivity index is 2.13. The van der Waals surface area contributed by atoms with Crippen LogP contribution in [0.5, 0.6) is 0 Å². The second kappa shape index (κ2) is 5.75. The Labute approximate surface area is 113 Å². The summed E-state index contributed by atoms with van der Waals surface area (Å²) in [6.07, 6.45) is 3.68. The van der Waals surface area contributed by atoms with Gasteiger partial charge >= 0.3 is 5.97 Å². The van der Waals surface area contributed by atoms with Crippen LogP contribution in [-0.4, -0.2) is 17.1 Å². The van der Waals surface area contributed by atoms with Crippen LogP contribution in [0, 0.1) is 24.2 Å². The third-order valence-corrected chi connectivity index (χ3v) is 3.78. The van der Waals surface area contributed by atoms with E-state index in [-0.39, 0.29) is 12.0 Å². The van der Waals surface area contributed by atoms with Crippen LogP contribution in [0.3, 0.4) is 0 Å². The monoisotopic (exact) mass is 258 g/mol. The number of aryl methyl sites for hydroxylation is 1. The van der Waals surface area contributed by atoms with Gasteiger partial charge in [0.1, 0.15) is 0 Å². The summed E-state index contributed by atoms with van der Waals surface area (Å²) in [6, 6.07) is 7.65. The molecule has 1 aliphatic rings. The quantitative estimate of drug-likeness (QED) is 0.874. The molecule has 1 aromatic carbocycles. The maximum absolute atomic E-state index is 11.2. The fourth-order valence-corrected chi connectivity index (χ4v) is 2.69. The predicted molar refractivity (Wildman–Crippen MR) is 72.9 cm³/mol. The Bertz CT molecular complexity index is 519. The SMILES string of the molecule is Cc1cc(NC2CCCCC2C(=O)O)ccc1C#N. The molecule has 1 aromatic rings. The molecule has 0 heterocycles. The van der Waals surface area contributed by atoms with Crippen molar-refractivity contribution >= 4 is 11.7 Å². The van der Waals surface area contributed by atoms with E-state index in [0.717, 1.165) is 36.9 Å². The van der Waals surface area contributed by atoms with E-state index in [4.69, 9.17) is 5.26 Å². The summed E-state index contributed by atoms with van der Waals surface area (Å²) in [6.45, 7) is 1.89. The molecule has 0 saturated heterocycles. The van der Waals surface area contributed by atoms with Crippen LogP contribution in [0.4, 0.5) is 5.69 Å². The summed E-state index contributed by atoms with van der Waals surface area (Å²) < 4.78 is 0. The van der Waals surface area contributed by atoms with Gasteiger partial charge in [-0.2, -0.15) is 5.26 Å². The molecule has 2 N–H and O–H groups in total. The molecule has 2 atom stereocenters. The van der Waals surface area contributed by atoms with Crippen LogP contribution in [0.15, 0.2) is 18.2 Å². The third-order valence-electron chi connectivity index (χ3n) is 3.78. The molecule has 0 radical (unpaired) electrons. The zero-order chi connectivity index (χ0) is 13.8. The van der Waals surface area contributed by atoms with Crippen molar-refractivity contribution in [3.63, 3.8) is 0 Å². The molecule has 4 heteroatoms. The van der Waals surface area contributed by atoms with Gasteiger partial charge in [-0.15, -0.1) is 0 Å². The molecule has 0 aromatic heterocycles. The highest BCUT2D eigenvalue weighted by molar-refractivity contribution is 5.72. The van der Waals surface area contributed by atoms with Crippen molar-refractivity contribution < 1.29 is 9.90 Å². The first kappa shape index (κ1) is 13.4. The van der Waals surface area contributed by atoms with E-state index in [1.54, 1.807) is 6.07 Å². The van der Waals surface area contributed by atoms with Crippen LogP contribution in [0.1, 0.15) is 36.8 Å². The maximum Gasteiger partial charge on any atom is 0.308 e. The first-order chi connectivity index (χ1) is 9.11. The number of nitriles is 1. The van der Waals surface area contributed by atoms with Crippen molar-refractivity contribution in [3.8, 4) is 6.07 Å². The molecule has 2 unspecified atom stereocenters. The molecule has 0 aliphatic heterocycles. The van der Waals surface area contributed by atoms with Gasteiger partial charge in [0.15, 0.2) is 0 Å².